The summed E-state index contributed by atoms with van der Waals surface area (Å²) in [5, 5.41) is 3.45. The van der Waals surface area contributed by atoms with Gasteiger partial charge in [-0.15, -0.1) is 0 Å². The van der Waals surface area contributed by atoms with Gasteiger partial charge in [0.15, 0.2) is 5.58 Å². The number of pyridine rings is 1. The van der Waals surface area contributed by atoms with E-state index in [9.17, 15) is 0 Å². The van der Waals surface area contributed by atoms with Crippen molar-refractivity contribution < 1.29 is 8.83 Å². The fraction of sp³-hybridized carbons (Fsp3) is 0.194. The molecule has 1 aliphatic rings. The molecular formula is C31H25NO2. The molecule has 0 unspecified atom stereocenters. The van der Waals surface area contributed by atoms with Crippen molar-refractivity contribution >= 4 is 32.9 Å². The highest BCUT2D eigenvalue weighted by Gasteiger charge is 2.42. The summed E-state index contributed by atoms with van der Waals surface area (Å²) < 4.78 is 12.5. The maximum Gasteiger partial charge on any atom is 0.153 e. The first-order valence-corrected chi connectivity index (χ1v) is 11.9. The van der Waals surface area contributed by atoms with E-state index in [1.807, 2.05) is 12.3 Å². The van der Waals surface area contributed by atoms with Crippen LogP contribution in [0.1, 0.15) is 50.3 Å². The number of benzene rings is 3. The Hall–Kier alpha value is -3.85. The largest absolute Gasteiger partial charge is 0.456 e. The topological polar surface area (TPSA) is 39.2 Å². The van der Waals surface area contributed by atoms with Crippen LogP contribution in [-0.2, 0) is 5.41 Å². The van der Waals surface area contributed by atoms with E-state index >= 15 is 0 Å². The Labute approximate surface area is 198 Å². The molecule has 1 aliphatic carbocycles. The van der Waals surface area contributed by atoms with Crippen molar-refractivity contribution in [1.82, 2.24) is 4.98 Å². The van der Waals surface area contributed by atoms with E-state index < -0.39 is 0 Å². The van der Waals surface area contributed by atoms with Crippen LogP contribution in [0, 0.1) is 0 Å². The molecule has 34 heavy (non-hydrogen) atoms. The maximum atomic E-state index is 6.38. The first-order chi connectivity index (χ1) is 16.4. The van der Waals surface area contributed by atoms with Gasteiger partial charge in [0, 0.05) is 38.3 Å². The Morgan fingerprint density at radius 2 is 1.47 bits per heavy atom. The Morgan fingerprint density at radius 1 is 0.706 bits per heavy atom. The zero-order valence-corrected chi connectivity index (χ0v) is 19.8. The minimum absolute atomic E-state index is 0.201. The lowest BCUT2D eigenvalue weighted by atomic mass is 9.78. The first-order valence-electron chi connectivity index (χ1n) is 11.9. The summed E-state index contributed by atoms with van der Waals surface area (Å²) in [5.74, 6) is 1.45. The second-order valence-electron chi connectivity index (χ2n) is 10.2. The standard InChI is InChI=1S/C31H25NO2/c1-17(2)18-12-13-26-22(14-18)23-15-24(32-16-27(23)33-26)19-9-7-10-21-28(19)31(3,4)29-20-8-5-6-11-25(20)34-30(21)29/h5-17H,1-4H3. The predicted octanol–water partition coefficient (Wildman–Crippen LogP) is 8.82. The van der Waals surface area contributed by atoms with Gasteiger partial charge in [-0.05, 0) is 41.3 Å². The highest BCUT2D eigenvalue weighted by atomic mass is 16.3. The minimum Gasteiger partial charge on any atom is -0.456 e. The van der Waals surface area contributed by atoms with Crippen LogP contribution in [0.15, 0.2) is 81.8 Å². The Kier molecular flexibility index (Phi) is 3.81. The highest BCUT2D eigenvalue weighted by molar-refractivity contribution is 6.06. The lowest BCUT2D eigenvalue weighted by Gasteiger charge is -2.23. The third-order valence-corrected chi connectivity index (χ3v) is 7.48. The average molecular weight is 444 g/mol. The molecule has 3 aromatic carbocycles. The number of aromatic nitrogens is 1. The Morgan fingerprint density at radius 3 is 2.32 bits per heavy atom. The zero-order chi connectivity index (χ0) is 23.2. The van der Waals surface area contributed by atoms with Crippen molar-refractivity contribution in [3.05, 3.63) is 89.6 Å². The van der Waals surface area contributed by atoms with Crippen molar-refractivity contribution in [3.63, 3.8) is 0 Å². The number of rotatable bonds is 2. The molecule has 0 amide bonds. The van der Waals surface area contributed by atoms with E-state index in [0.717, 1.165) is 50.1 Å². The molecule has 0 aliphatic heterocycles. The number of hydrogen-bond acceptors (Lipinski definition) is 3. The number of hydrogen-bond donors (Lipinski definition) is 0. The normalized spacial score (nSPS) is 14.4. The van der Waals surface area contributed by atoms with Crippen molar-refractivity contribution in [2.45, 2.75) is 39.0 Å². The van der Waals surface area contributed by atoms with Gasteiger partial charge >= 0.3 is 0 Å². The molecule has 3 heterocycles. The summed E-state index contributed by atoms with van der Waals surface area (Å²) in [5.41, 5.74) is 9.60. The molecule has 6 aromatic rings. The van der Waals surface area contributed by atoms with Gasteiger partial charge in [0.1, 0.15) is 16.9 Å². The smallest absolute Gasteiger partial charge is 0.153 e. The molecule has 0 spiro atoms. The summed E-state index contributed by atoms with van der Waals surface area (Å²) in [6.07, 6.45) is 1.87. The van der Waals surface area contributed by atoms with Crippen LogP contribution < -0.4 is 0 Å². The summed E-state index contributed by atoms with van der Waals surface area (Å²) >= 11 is 0. The lowest BCUT2D eigenvalue weighted by Crippen LogP contribution is -2.16. The molecule has 3 heteroatoms. The SMILES string of the molecule is CC(C)c1ccc2oc3cnc(-c4cccc5c4C(C)(C)c4c-5oc5ccccc45)cc3c2c1. The maximum absolute atomic E-state index is 6.38. The van der Waals surface area contributed by atoms with Crippen LogP contribution in [0.2, 0.25) is 0 Å². The van der Waals surface area contributed by atoms with Gasteiger partial charge in [0.05, 0.1) is 11.9 Å². The summed E-state index contributed by atoms with van der Waals surface area (Å²) in [6, 6.07) is 23.5. The monoisotopic (exact) mass is 443 g/mol. The van der Waals surface area contributed by atoms with Crippen LogP contribution in [-0.4, -0.2) is 4.98 Å². The molecule has 0 radical (unpaired) electrons. The molecule has 0 fully saturated rings. The quantitative estimate of drug-likeness (QED) is 0.268. The van der Waals surface area contributed by atoms with E-state index in [2.05, 4.69) is 88.4 Å². The van der Waals surface area contributed by atoms with Gasteiger partial charge in [0.25, 0.3) is 0 Å². The minimum atomic E-state index is -0.201. The predicted molar refractivity (Wildman–Crippen MR) is 138 cm³/mol. The molecule has 0 N–H and O–H groups in total. The summed E-state index contributed by atoms with van der Waals surface area (Å²) in [6.45, 7) is 9.03. The summed E-state index contributed by atoms with van der Waals surface area (Å²) in [4.78, 5) is 4.86. The van der Waals surface area contributed by atoms with Gasteiger partial charge in [0.2, 0.25) is 0 Å². The van der Waals surface area contributed by atoms with Crippen molar-refractivity contribution in [1.29, 1.82) is 0 Å². The fourth-order valence-electron chi connectivity index (χ4n) is 5.82. The Bertz CT molecular complexity index is 1760. The molecule has 0 saturated heterocycles. The Balaban J connectivity index is 1.48. The fourth-order valence-corrected chi connectivity index (χ4v) is 5.82. The number of fused-ring (bicyclic) bond motifs is 8. The second-order valence-corrected chi connectivity index (χ2v) is 10.2. The molecule has 0 bridgehead atoms. The van der Waals surface area contributed by atoms with Crippen LogP contribution in [0.25, 0.3) is 55.5 Å². The second kappa shape index (κ2) is 6.60. The van der Waals surface area contributed by atoms with E-state index in [1.165, 1.54) is 22.1 Å². The van der Waals surface area contributed by atoms with Crippen LogP contribution >= 0.6 is 0 Å². The third kappa shape index (κ3) is 2.50. The van der Waals surface area contributed by atoms with Crippen molar-refractivity contribution in [3.8, 4) is 22.6 Å². The highest BCUT2D eigenvalue weighted by Crippen LogP contribution is 2.55. The molecule has 7 rings (SSSR count). The van der Waals surface area contributed by atoms with E-state index in [1.54, 1.807) is 0 Å². The molecule has 3 aromatic heterocycles. The van der Waals surface area contributed by atoms with Gasteiger partial charge in [-0.3, -0.25) is 4.98 Å². The van der Waals surface area contributed by atoms with Gasteiger partial charge in [-0.2, -0.15) is 0 Å². The first kappa shape index (κ1) is 19.6. The van der Waals surface area contributed by atoms with Crippen molar-refractivity contribution in [2.75, 3.05) is 0 Å². The number of para-hydroxylation sites is 1. The zero-order valence-electron chi connectivity index (χ0n) is 19.8. The molecule has 3 nitrogen and oxygen atoms in total. The van der Waals surface area contributed by atoms with Crippen LogP contribution in [0.5, 0.6) is 0 Å². The molecular weight excluding hydrogens is 418 g/mol. The lowest BCUT2D eigenvalue weighted by molar-refractivity contribution is 0.619. The van der Waals surface area contributed by atoms with E-state index in [4.69, 9.17) is 13.8 Å². The van der Waals surface area contributed by atoms with Gasteiger partial charge in [-0.25, -0.2) is 0 Å². The molecule has 166 valence electrons. The van der Waals surface area contributed by atoms with E-state index in [-0.39, 0.29) is 5.41 Å². The number of furan rings is 2. The van der Waals surface area contributed by atoms with Crippen molar-refractivity contribution in [2.24, 2.45) is 0 Å². The van der Waals surface area contributed by atoms with Crippen LogP contribution in [0.3, 0.4) is 0 Å². The number of nitrogens with zero attached hydrogens (tertiary/aromatic N) is 1. The third-order valence-electron chi connectivity index (χ3n) is 7.48. The molecule has 0 atom stereocenters. The van der Waals surface area contributed by atoms with Gasteiger partial charge in [-0.1, -0.05) is 70.2 Å². The molecule has 0 saturated carbocycles. The van der Waals surface area contributed by atoms with Gasteiger partial charge < -0.3 is 8.83 Å². The van der Waals surface area contributed by atoms with E-state index in [0.29, 0.717) is 5.92 Å². The average Bonchev–Trinajstić information content (AvgIpc) is 3.47. The summed E-state index contributed by atoms with van der Waals surface area (Å²) in [7, 11) is 0. The van der Waals surface area contributed by atoms with Crippen LogP contribution in [0.4, 0.5) is 0 Å².